The molecule has 0 radical (unpaired) electrons. The monoisotopic (exact) mass is 206 g/mol. The lowest BCUT2D eigenvalue weighted by molar-refractivity contribution is -0.141. The summed E-state index contributed by atoms with van der Waals surface area (Å²) in [5.41, 5.74) is -0.0701. The van der Waals surface area contributed by atoms with E-state index in [-0.39, 0.29) is 23.3 Å². The summed E-state index contributed by atoms with van der Waals surface area (Å²) in [5.74, 6) is -0.606. The Morgan fingerprint density at radius 2 is 2.13 bits per heavy atom. The van der Waals surface area contributed by atoms with Gasteiger partial charge in [-0.2, -0.15) is 0 Å². The molecule has 1 aromatic carbocycles. The zero-order chi connectivity index (χ0) is 10.8. The molecule has 4 heteroatoms. The number of aliphatic carboxylic acids is 1. The van der Waals surface area contributed by atoms with Crippen LogP contribution in [0.15, 0.2) is 18.2 Å². The summed E-state index contributed by atoms with van der Waals surface area (Å²) in [6.45, 7) is 0. The SMILES string of the molecule is O=C(O)C12CC1C2c1cc(O)ccc1O. The van der Waals surface area contributed by atoms with Crippen molar-refractivity contribution in [2.75, 3.05) is 0 Å². The fraction of sp³-hybridized carbons (Fsp3) is 0.364. The minimum absolute atomic E-state index is 0.0645. The third-order valence-corrected chi connectivity index (χ3v) is 3.65. The molecule has 0 amide bonds. The summed E-state index contributed by atoms with van der Waals surface area (Å²) >= 11 is 0. The van der Waals surface area contributed by atoms with Crippen molar-refractivity contribution >= 4 is 5.97 Å². The summed E-state index contributed by atoms with van der Waals surface area (Å²) in [4.78, 5) is 11.0. The second kappa shape index (κ2) is 2.27. The molecule has 4 nitrogen and oxygen atoms in total. The van der Waals surface area contributed by atoms with E-state index in [1.807, 2.05) is 0 Å². The number of phenols is 2. The number of aromatic hydroxyl groups is 2. The van der Waals surface area contributed by atoms with Crippen molar-refractivity contribution in [3.05, 3.63) is 23.8 Å². The van der Waals surface area contributed by atoms with E-state index in [0.717, 1.165) is 0 Å². The van der Waals surface area contributed by atoms with Crippen LogP contribution < -0.4 is 0 Å². The number of rotatable bonds is 2. The molecule has 1 aromatic rings. The molecule has 0 heterocycles. The van der Waals surface area contributed by atoms with Crippen molar-refractivity contribution in [2.24, 2.45) is 11.3 Å². The van der Waals surface area contributed by atoms with E-state index in [4.69, 9.17) is 5.11 Å². The topological polar surface area (TPSA) is 77.8 Å². The van der Waals surface area contributed by atoms with Gasteiger partial charge in [-0.15, -0.1) is 0 Å². The van der Waals surface area contributed by atoms with E-state index in [9.17, 15) is 15.0 Å². The lowest BCUT2D eigenvalue weighted by atomic mass is 9.96. The van der Waals surface area contributed by atoms with Gasteiger partial charge < -0.3 is 15.3 Å². The van der Waals surface area contributed by atoms with Crippen LogP contribution in [0.2, 0.25) is 0 Å². The molecule has 3 N–H and O–H groups in total. The zero-order valence-electron chi connectivity index (χ0n) is 7.84. The Morgan fingerprint density at radius 3 is 2.67 bits per heavy atom. The molecule has 15 heavy (non-hydrogen) atoms. The summed E-state index contributed by atoms with van der Waals surface area (Å²) in [6.07, 6.45) is 0.697. The number of hydrogen-bond donors (Lipinski definition) is 3. The second-order valence-corrected chi connectivity index (χ2v) is 4.38. The first kappa shape index (κ1) is 8.59. The molecule has 78 valence electrons. The van der Waals surface area contributed by atoms with Crippen LogP contribution in [-0.2, 0) is 4.79 Å². The minimum Gasteiger partial charge on any atom is -0.508 e. The minimum atomic E-state index is -0.791. The van der Waals surface area contributed by atoms with Gasteiger partial charge in [0.1, 0.15) is 11.5 Å². The van der Waals surface area contributed by atoms with Gasteiger partial charge in [0, 0.05) is 11.5 Å². The standard InChI is InChI=1S/C11H10O4/c12-5-1-2-8(13)6(3-5)9-7-4-11(7,9)10(14)15/h1-3,7,9,12-13H,4H2,(H,14,15). The normalized spacial score (nSPS) is 35.7. The predicted molar refractivity (Wildman–Crippen MR) is 50.7 cm³/mol. The van der Waals surface area contributed by atoms with Gasteiger partial charge in [0.25, 0.3) is 0 Å². The van der Waals surface area contributed by atoms with E-state index >= 15 is 0 Å². The average molecular weight is 206 g/mol. The third-order valence-electron chi connectivity index (χ3n) is 3.65. The highest BCUT2D eigenvalue weighted by Gasteiger charge is 2.84. The first-order valence-electron chi connectivity index (χ1n) is 4.82. The van der Waals surface area contributed by atoms with Gasteiger partial charge in [0.15, 0.2) is 0 Å². The van der Waals surface area contributed by atoms with Crippen LogP contribution in [0.3, 0.4) is 0 Å². The molecule has 2 saturated carbocycles. The van der Waals surface area contributed by atoms with Crippen LogP contribution >= 0.6 is 0 Å². The summed E-state index contributed by atoms with van der Waals surface area (Å²) in [6, 6.07) is 4.25. The largest absolute Gasteiger partial charge is 0.508 e. The first-order chi connectivity index (χ1) is 7.07. The molecule has 2 fully saturated rings. The molecule has 0 bridgehead atoms. The number of benzene rings is 1. The molecule has 0 spiro atoms. The smallest absolute Gasteiger partial charge is 0.310 e. The van der Waals surface area contributed by atoms with Crippen molar-refractivity contribution in [3.63, 3.8) is 0 Å². The number of fused-ring (bicyclic) bond motifs is 1. The van der Waals surface area contributed by atoms with E-state index < -0.39 is 11.4 Å². The van der Waals surface area contributed by atoms with Crippen LogP contribution in [0, 0.1) is 11.3 Å². The highest BCUT2D eigenvalue weighted by molar-refractivity contribution is 5.87. The molecule has 2 aliphatic carbocycles. The molecule has 2 aliphatic rings. The Kier molecular flexibility index (Phi) is 1.30. The van der Waals surface area contributed by atoms with Gasteiger partial charge in [-0.25, -0.2) is 0 Å². The van der Waals surface area contributed by atoms with Crippen molar-refractivity contribution in [3.8, 4) is 11.5 Å². The number of phenolic OH excluding ortho intramolecular Hbond substituents is 2. The van der Waals surface area contributed by atoms with Crippen LogP contribution in [0.4, 0.5) is 0 Å². The van der Waals surface area contributed by atoms with E-state index in [1.54, 1.807) is 0 Å². The Labute approximate surface area is 85.8 Å². The van der Waals surface area contributed by atoms with E-state index in [2.05, 4.69) is 0 Å². The number of carboxylic acids is 1. The van der Waals surface area contributed by atoms with Gasteiger partial charge in [-0.1, -0.05) is 0 Å². The Morgan fingerprint density at radius 1 is 1.40 bits per heavy atom. The lowest BCUT2D eigenvalue weighted by Gasteiger charge is -2.10. The maximum Gasteiger partial charge on any atom is 0.310 e. The summed E-state index contributed by atoms with van der Waals surface area (Å²) in [7, 11) is 0. The third kappa shape index (κ3) is 0.888. The van der Waals surface area contributed by atoms with Gasteiger partial charge in [-0.3, -0.25) is 4.79 Å². The van der Waals surface area contributed by atoms with E-state index in [0.29, 0.717) is 12.0 Å². The van der Waals surface area contributed by atoms with Gasteiger partial charge >= 0.3 is 5.97 Å². The van der Waals surface area contributed by atoms with Crippen LogP contribution in [0.5, 0.6) is 11.5 Å². The van der Waals surface area contributed by atoms with Gasteiger partial charge in [0.05, 0.1) is 5.41 Å². The van der Waals surface area contributed by atoms with Crippen molar-refractivity contribution < 1.29 is 20.1 Å². The summed E-state index contributed by atoms with van der Waals surface area (Å²) < 4.78 is 0. The maximum absolute atomic E-state index is 11.0. The van der Waals surface area contributed by atoms with Crippen molar-refractivity contribution in [2.45, 2.75) is 12.3 Å². The Hall–Kier alpha value is -1.71. The molecular weight excluding hydrogens is 196 g/mol. The van der Waals surface area contributed by atoms with Gasteiger partial charge in [0.2, 0.25) is 0 Å². The predicted octanol–water partition coefficient (Wildman–Crippen LogP) is 1.29. The fourth-order valence-electron chi connectivity index (χ4n) is 2.57. The lowest BCUT2D eigenvalue weighted by Crippen LogP contribution is -2.10. The molecule has 0 saturated heterocycles. The number of carbonyl (C=O) groups is 1. The number of carboxylic acid groups (broad SMARTS) is 1. The zero-order valence-corrected chi connectivity index (χ0v) is 7.84. The highest BCUT2D eigenvalue weighted by Crippen LogP contribution is 2.84. The molecule has 3 rings (SSSR count). The molecule has 3 unspecified atom stereocenters. The van der Waals surface area contributed by atoms with E-state index in [1.165, 1.54) is 18.2 Å². The molecule has 3 atom stereocenters. The fourth-order valence-corrected chi connectivity index (χ4v) is 2.57. The van der Waals surface area contributed by atoms with Crippen molar-refractivity contribution in [1.82, 2.24) is 0 Å². The molecular formula is C11H10O4. The Balaban J connectivity index is 1.97. The number of hydrogen-bond acceptors (Lipinski definition) is 3. The summed E-state index contributed by atoms with van der Waals surface area (Å²) in [5, 5.41) is 27.9. The quantitative estimate of drug-likeness (QED) is 0.637. The van der Waals surface area contributed by atoms with Crippen LogP contribution in [-0.4, -0.2) is 21.3 Å². The average Bonchev–Trinajstić information content (AvgIpc) is 2.98. The van der Waals surface area contributed by atoms with Crippen molar-refractivity contribution in [1.29, 1.82) is 0 Å². The van der Waals surface area contributed by atoms with Crippen LogP contribution in [0.25, 0.3) is 0 Å². The molecule has 0 aromatic heterocycles. The molecule has 0 aliphatic heterocycles. The first-order valence-corrected chi connectivity index (χ1v) is 4.82. The maximum atomic E-state index is 11.0. The second-order valence-electron chi connectivity index (χ2n) is 4.38. The van der Waals surface area contributed by atoms with Crippen LogP contribution in [0.1, 0.15) is 17.9 Å². The van der Waals surface area contributed by atoms with Gasteiger partial charge in [-0.05, 0) is 30.5 Å². The Bertz CT molecular complexity index is 468. The highest BCUT2D eigenvalue weighted by atomic mass is 16.4.